The predicted molar refractivity (Wildman–Crippen MR) is 289 cm³/mol. The van der Waals surface area contributed by atoms with E-state index in [1.165, 1.54) is 13.1 Å². The third-order valence-electron chi connectivity index (χ3n) is 16.6. The van der Waals surface area contributed by atoms with Crippen molar-refractivity contribution in [2.75, 3.05) is 68.3 Å². The number of pyridine rings is 1. The van der Waals surface area contributed by atoms with Crippen molar-refractivity contribution in [2.45, 2.75) is 211 Å². The van der Waals surface area contributed by atoms with Crippen molar-refractivity contribution >= 4 is 22.8 Å². The van der Waals surface area contributed by atoms with Crippen molar-refractivity contribution in [3.8, 4) is 0 Å². The first-order valence-corrected chi connectivity index (χ1v) is 27.7. The number of hydrogen-bond acceptors (Lipinski definition) is 18. The van der Waals surface area contributed by atoms with E-state index >= 15 is 0 Å². The molecule has 0 unspecified atom stereocenters. The van der Waals surface area contributed by atoms with E-state index in [0.717, 1.165) is 5.56 Å². The number of esters is 1. The number of benzene rings is 1. The molecular formula is C57H95N3O17. The van der Waals surface area contributed by atoms with Crippen LogP contribution in [0.3, 0.4) is 0 Å². The number of aliphatic hydroxyl groups is 4. The van der Waals surface area contributed by atoms with Gasteiger partial charge in [0, 0.05) is 83.1 Å². The van der Waals surface area contributed by atoms with E-state index in [0.29, 0.717) is 76.1 Å². The quantitative estimate of drug-likeness (QED) is 0.0897. The Kier molecular flexibility index (Phi) is 23.5. The van der Waals surface area contributed by atoms with Gasteiger partial charge in [-0.3, -0.25) is 9.59 Å². The molecule has 18 atom stereocenters. The Hall–Kier alpha value is -3.19. The lowest BCUT2D eigenvalue weighted by atomic mass is 9.77. The van der Waals surface area contributed by atoms with Crippen LogP contribution in [-0.4, -0.2) is 210 Å². The molecule has 5 N–H and O–H groups in total. The number of aliphatic hydroxyl groups excluding tert-OH is 2. The fourth-order valence-electron chi connectivity index (χ4n) is 12.0. The van der Waals surface area contributed by atoms with Gasteiger partial charge in [0.05, 0.1) is 53.7 Å². The molecule has 3 aliphatic heterocycles. The lowest BCUT2D eigenvalue weighted by Gasteiger charge is -2.49. The molecule has 3 aliphatic rings. The first kappa shape index (κ1) is 64.6. The van der Waals surface area contributed by atoms with Gasteiger partial charge < -0.3 is 82.5 Å². The largest absolute Gasteiger partial charge is 0.477 e. The van der Waals surface area contributed by atoms with Gasteiger partial charge in [-0.15, -0.1) is 0 Å². The second-order valence-corrected chi connectivity index (χ2v) is 23.3. The number of nitrogens with zero attached hydrogens (tertiary/aromatic N) is 3. The third-order valence-corrected chi connectivity index (χ3v) is 16.6. The molecule has 4 heterocycles. The van der Waals surface area contributed by atoms with Crippen LogP contribution in [0.2, 0.25) is 0 Å². The van der Waals surface area contributed by atoms with Crippen molar-refractivity contribution in [2.24, 2.45) is 17.8 Å². The molecule has 0 saturated carbocycles. The van der Waals surface area contributed by atoms with Crippen molar-refractivity contribution < 1.29 is 77.8 Å². The highest BCUT2D eigenvalue weighted by Crippen LogP contribution is 2.41. The highest BCUT2D eigenvalue weighted by molar-refractivity contribution is 5.92. The number of carboxylic acid groups (broad SMARTS) is 1. The molecule has 0 radical (unpaired) electrons. The zero-order valence-corrected chi connectivity index (χ0v) is 48.6. The van der Waals surface area contributed by atoms with E-state index in [9.17, 15) is 39.9 Å². The zero-order chi connectivity index (χ0) is 57.3. The summed E-state index contributed by atoms with van der Waals surface area (Å²) in [6.07, 6.45) is -4.75. The minimum absolute atomic E-state index is 0.177. The number of rotatable bonds is 20. The summed E-state index contributed by atoms with van der Waals surface area (Å²) in [5.41, 5.74) is -3.65. The number of carboxylic acids is 1. The molecule has 20 nitrogen and oxygen atoms in total. The Labute approximate surface area is 456 Å². The molecule has 2 aromatic rings. The van der Waals surface area contributed by atoms with Crippen LogP contribution < -0.4 is 5.43 Å². The Bertz CT molecular complexity index is 2260. The number of cyclic esters (lactones) is 1. The minimum atomic E-state index is -1.84. The summed E-state index contributed by atoms with van der Waals surface area (Å²) in [6.45, 7) is 20.3. The number of hydrogen-bond donors (Lipinski definition) is 5. The van der Waals surface area contributed by atoms with Crippen LogP contribution in [0.1, 0.15) is 124 Å². The molecule has 0 aliphatic carbocycles. The van der Waals surface area contributed by atoms with Crippen molar-refractivity contribution in [1.82, 2.24) is 14.4 Å². The molecule has 440 valence electrons. The van der Waals surface area contributed by atoms with Crippen molar-refractivity contribution in [3.05, 3.63) is 45.7 Å². The van der Waals surface area contributed by atoms with Gasteiger partial charge in [0.2, 0.25) is 5.43 Å². The fraction of sp³-hybridized carbons (Fsp3) is 0.807. The highest BCUT2D eigenvalue weighted by atomic mass is 16.7. The molecule has 3 fully saturated rings. The summed E-state index contributed by atoms with van der Waals surface area (Å²) in [5.74, 6) is -3.99. The smallest absolute Gasteiger partial charge is 0.341 e. The van der Waals surface area contributed by atoms with E-state index in [1.54, 1.807) is 52.5 Å². The maximum atomic E-state index is 14.6. The molecule has 1 aromatic heterocycles. The van der Waals surface area contributed by atoms with Crippen LogP contribution in [0.25, 0.3) is 10.9 Å². The van der Waals surface area contributed by atoms with Gasteiger partial charge in [0.1, 0.15) is 35.6 Å². The van der Waals surface area contributed by atoms with Gasteiger partial charge in [0.15, 0.2) is 12.6 Å². The Morgan fingerprint density at radius 1 is 0.909 bits per heavy atom. The highest BCUT2D eigenvalue weighted by Gasteiger charge is 2.53. The van der Waals surface area contributed by atoms with Gasteiger partial charge in [-0.05, 0) is 132 Å². The van der Waals surface area contributed by atoms with Crippen LogP contribution >= 0.6 is 0 Å². The average molecular weight is 1090 g/mol. The molecule has 3 saturated heterocycles. The first-order valence-electron chi connectivity index (χ1n) is 27.7. The molecular weight excluding hydrogens is 999 g/mol. The molecule has 0 amide bonds. The molecule has 1 aromatic carbocycles. The topological polar surface area (TPSA) is 247 Å². The molecule has 0 spiro atoms. The van der Waals surface area contributed by atoms with Gasteiger partial charge in [-0.1, -0.05) is 26.8 Å². The number of aromatic carboxylic acids is 1. The van der Waals surface area contributed by atoms with E-state index in [-0.39, 0.29) is 42.9 Å². The lowest BCUT2D eigenvalue weighted by molar-refractivity contribution is -0.320. The standard InChI is InChI=1S/C57H95N3O17/c1-16-44-57(10,68)49(63)37(6)59(13)31-33(2)29-55(8,67)50(77-54-47(62)43(58(11)12)27-34(3)73-54)35(4)48(36(5)53(66)75-44)76-45-30-56(9,70-15)51(38(7)74-45)72-25-18-24-71-23-17-19-39-20-21-42-40(28-39)46(61)41(52(64)65)32-60(42)22-26-69-14/h20-21,28,32-38,43-45,47-51,54,62-63,67-68H,16-19,22-27,29-31H2,1-15H3,(H,64,65)/t33-,34-,35+,36-,37-,38+,43+,44-,45+,47-,48+,49-,50-,51+,54+,55-,56-,57-/m1/s1. The number of fused-ring (bicyclic) bond motifs is 1. The Morgan fingerprint density at radius 2 is 1.60 bits per heavy atom. The monoisotopic (exact) mass is 1090 g/mol. The normalized spacial score (nSPS) is 37.4. The zero-order valence-electron chi connectivity index (χ0n) is 48.6. The molecule has 0 bridgehead atoms. The summed E-state index contributed by atoms with van der Waals surface area (Å²) >= 11 is 0. The van der Waals surface area contributed by atoms with Gasteiger partial charge in [-0.25, -0.2) is 4.79 Å². The Morgan fingerprint density at radius 3 is 2.23 bits per heavy atom. The summed E-state index contributed by atoms with van der Waals surface area (Å²) in [4.78, 5) is 43.4. The van der Waals surface area contributed by atoms with E-state index < -0.39 is 107 Å². The summed E-state index contributed by atoms with van der Waals surface area (Å²) in [7, 11) is 8.77. The molecule has 77 heavy (non-hydrogen) atoms. The van der Waals surface area contributed by atoms with E-state index in [1.807, 2.05) is 77.7 Å². The van der Waals surface area contributed by atoms with Gasteiger partial charge >= 0.3 is 11.9 Å². The van der Waals surface area contributed by atoms with Crippen molar-refractivity contribution in [1.29, 1.82) is 0 Å². The minimum Gasteiger partial charge on any atom is -0.477 e. The number of carbonyl (C=O) groups is 2. The third kappa shape index (κ3) is 15.8. The van der Waals surface area contributed by atoms with Crippen LogP contribution in [-0.2, 0) is 60.4 Å². The number of likely N-dealkylation sites (N-methyl/N-ethyl adjacent to an activating group) is 2. The fourth-order valence-corrected chi connectivity index (χ4v) is 12.0. The van der Waals surface area contributed by atoms with E-state index in [2.05, 4.69) is 0 Å². The summed E-state index contributed by atoms with van der Waals surface area (Å²) in [6, 6.07) is 4.66. The van der Waals surface area contributed by atoms with Gasteiger partial charge in [-0.2, -0.15) is 0 Å². The number of ether oxygens (including phenoxy) is 9. The molecule has 5 rings (SSSR count). The van der Waals surface area contributed by atoms with Crippen LogP contribution in [0.15, 0.2) is 29.2 Å². The maximum absolute atomic E-state index is 14.6. The Balaban J connectivity index is 1.31. The lowest BCUT2D eigenvalue weighted by Crippen LogP contribution is -2.61. The molecule has 20 heteroatoms. The second-order valence-electron chi connectivity index (χ2n) is 23.3. The number of methoxy groups -OCH3 is 2. The SMILES string of the molecule is CC[C@H]1OC(=O)[C@H](C)[C@@H](O[C@H]2C[C@@](C)(OC)[C@@H](OCCCOCCCc3ccc4c(c3)c(=O)c(C(=O)O)cn4CCOC)[C@H](C)O2)[C@H](C)[C@@H](O[C@@H]2O[C@H](C)C[C@H](N(C)C)[C@H]2O)[C@](C)(O)C[C@@H](C)CN(C)[C@H](C)[C@@H](O)[C@]1(C)O. The maximum Gasteiger partial charge on any atom is 0.341 e. The van der Waals surface area contributed by atoms with Crippen LogP contribution in [0.5, 0.6) is 0 Å². The number of aromatic nitrogens is 1. The van der Waals surface area contributed by atoms with E-state index in [4.69, 9.17) is 42.6 Å². The van der Waals surface area contributed by atoms with Crippen LogP contribution in [0.4, 0.5) is 0 Å². The number of aryl methyl sites for hydroxylation is 1. The number of carbonyl (C=O) groups excluding carboxylic acids is 1. The van der Waals surface area contributed by atoms with Crippen LogP contribution in [0, 0.1) is 17.8 Å². The summed E-state index contributed by atoms with van der Waals surface area (Å²) in [5, 5.41) is 58.2. The average Bonchev–Trinajstić information content (AvgIpc) is 3.36. The van der Waals surface area contributed by atoms with Crippen molar-refractivity contribution in [3.63, 3.8) is 0 Å². The second kappa shape index (κ2) is 28.0. The van der Waals surface area contributed by atoms with Gasteiger partial charge in [0.25, 0.3) is 0 Å². The first-order chi connectivity index (χ1) is 36.1. The predicted octanol–water partition coefficient (Wildman–Crippen LogP) is 4.62. The summed E-state index contributed by atoms with van der Waals surface area (Å²) < 4.78 is 58.5.